The van der Waals surface area contributed by atoms with Crippen LogP contribution < -0.4 is 11.1 Å². The SMILES string of the molecule is N#C[C@@H]1CCCN1C(=O)[C@@H](N)CCCCNC(=O)CCCN1C(=O)C=CC1=O. The van der Waals surface area contributed by atoms with Gasteiger partial charge in [0.2, 0.25) is 11.8 Å². The second kappa shape index (κ2) is 10.6. The van der Waals surface area contributed by atoms with Gasteiger partial charge < -0.3 is 16.0 Å². The summed E-state index contributed by atoms with van der Waals surface area (Å²) in [4.78, 5) is 49.5. The maximum absolute atomic E-state index is 12.3. The maximum Gasteiger partial charge on any atom is 0.253 e. The van der Waals surface area contributed by atoms with E-state index in [1.165, 1.54) is 12.2 Å². The number of carbonyl (C=O) groups excluding carboxylic acids is 4. The van der Waals surface area contributed by atoms with Crippen LogP contribution in [0.1, 0.15) is 44.9 Å². The van der Waals surface area contributed by atoms with Crippen LogP contribution in [-0.2, 0) is 19.2 Å². The molecule has 2 atom stereocenters. The molecule has 0 aromatic carbocycles. The monoisotopic (exact) mass is 389 g/mol. The Kier molecular flexibility index (Phi) is 8.14. The van der Waals surface area contributed by atoms with Crippen molar-refractivity contribution >= 4 is 23.6 Å². The van der Waals surface area contributed by atoms with Crippen molar-refractivity contribution in [3.05, 3.63) is 12.2 Å². The van der Waals surface area contributed by atoms with E-state index in [1.807, 2.05) is 0 Å². The van der Waals surface area contributed by atoms with Gasteiger partial charge in [0.15, 0.2) is 0 Å². The van der Waals surface area contributed by atoms with Crippen LogP contribution in [0.3, 0.4) is 0 Å². The third-order valence-corrected chi connectivity index (χ3v) is 4.95. The van der Waals surface area contributed by atoms with Crippen LogP contribution in [0.4, 0.5) is 0 Å². The molecule has 1 fully saturated rings. The Morgan fingerprint density at radius 1 is 1.25 bits per heavy atom. The minimum Gasteiger partial charge on any atom is -0.356 e. The zero-order valence-electron chi connectivity index (χ0n) is 15.9. The van der Waals surface area contributed by atoms with Crippen LogP contribution in [-0.4, -0.2) is 65.1 Å². The summed E-state index contributed by atoms with van der Waals surface area (Å²) >= 11 is 0. The molecular weight excluding hydrogens is 362 g/mol. The molecule has 4 amide bonds. The molecule has 9 heteroatoms. The van der Waals surface area contributed by atoms with Gasteiger partial charge in [-0.15, -0.1) is 0 Å². The molecule has 1 saturated heterocycles. The van der Waals surface area contributed by atoms with Crippen molar-refractivity contribution in [1.29, 1.82) is 5.26 Å². The van der Waals surface area contributed by atoms with Gasteiger partial charge >= 0.3 is 0 Å². The largest absolute Gasteiger partial charge is 0.356 e. The molecule has 2 aliphatic rings. The Bertz CT molecular complexity index is 666. The number of hydrogen-bond donors (Lipinski definition) is 2. The summed E-state index contributed by atoms with van der Waals surface area (Å²) in [6, 6.07) is 1.16. The number of nitrogens with zero attached hydrogens (tertiary/aromatic N) is 3. The molecule has 152 valence electrons. The standard InChI is InChI=1S/C19H27N5O4/c20-13-14-5-3-11-23(14)19(28)15(21)6-1-2-10-22-16(25)7-4-12-24-17(26)8-9-18(24)27/h8-9,14-15H,1-7,10-12,21H2,(H,22,25)/t14-,15-/m0/s1. The van der Waals surface area contributed by atoms with Crippen LogP contribution >= 0.6 is 0 Å². The van der Waals surface area contributed by atoms with Gasteiger partial charge in [-0.05, 0) is 38.5 Å². The quantitative estimate of drug-likeness (QED) is 0.393. The summed E-state index contributed by atoms with van der Waals surface area (Å²) in [5.41, 5.74) is 5.95. The third kappa shape index (κ3) is 5.89. The summed E-state index contributed by atoms with van der Waals surface area (Å²) < 4.78 is 0. The van der Waals surface area contributed by atoms with Gasteiger partial charge in [0.1, 0.15) is 6.04 Å². The highest BCUT2D eigenvalue weighted by molar-refractivity contribution is 6.12. The topological polar surface area (TPSA) is 137 Å². The van der Waals surface area contributed by atoms with Gasteiger partial charge in [-0.1, -0.05) is 0 Å². The second-order valence-electron chi connectivity index (χ2n) is 7.04. The molecule has 0 radical (unpaired) electrons. The number of nitriles is 1. The molecule has 0 aromatic rings. The lowest BCUT2D eigenvalue weighted by Crippen LogP contribution is -2.45. The molecule has 0 aliphatic carbocycles. The molecule has 2 aliphatic heterocycles. The lowest BCUT2D eigenvalue weighted by atomic mass is 10.1. The van der Waals surface area contributed by atoms with Crippen molar-refractivity contribution < 1.29 is 19.2 Å². The van der Waals surface area contributed by atoms with Crippen LogP contribution in [0.5, 0.6) is 0 Å². The Labute approximate surface area is 164 Å². The molecule has 2 heterocycles. The predicted octanol–water partition coefficient (Wildman–Crippen LogP) is -0.180. The van der Waals surface area contributed by atoms with E-state index in [9.17, 15) is 19.2 Å². The van der Waals surface area contributed by atoms with Gasteiger partial charge in [0.25, 0.3) is 11.8 Å². The minimum atomic E-state index is -0.617. The van der Waals surface area contributed by atoms with Crippen molar-refractivity contribution in [2.24, 2.45) is 5.73 Å². The van der Waals surface area contributed by atoms with E-state index < -0.39 is 6.04 Å². The van der Waals surface area contributed by atoms with Gasteiger partial charge in [-0.2, -0.15) is 5.26 Å². The Balaban J connectivity index is 1.53. The molecule has 3 N–H and O–H groups in total. The van der Waals surface area contributed by atoms with Gasteiger partial charge in [-0.3, -0.25) is 24.1 Å². The fourth-order valence-corrected chi connectivity index (χ4v) is 3.36. The Hall–Kier alpha value is -2.73. The summed E-state index contributed by atoms with van der Waals surface area (Å²) in [6.45, 7) is 1.30. The number of likely N-dealkylation sites (tertiary alicyclic amines) is 1. The van der Waals surface area contributed by atoms with Crippen molar-refractivity contribution in [1.82, 2.24) is 15.1 Å². The summed E-state index contributed by atoms with van der Waals surface area (Å²) in [7, 11) is 0. The number of hydrogen-bond acceptors (Lipinski definition) is 6. The number of imide groups is 1. The molecule has 0 bridgehead atoms. The van der Waals surface area contributed by atoms with Crippen LogP contribution in [0.15, 0.2) is 12.2 Å². The van der Waals surface area contributed by atoms with E-state index >= 15 is 0 Å². The zero-order valence-corrected chi connectivity index (χ0v) is 15.9. The molecule has 0 saturated carbocycles. The number of nitrogens with one attached hydrogen (secondary N) is 1. The highest BCUT2D eigenvalue weighted by Gasteiger charge is 2.31. The van der Waals surface area contributed by atoms with Crippen molar-refractivity contribution in [2.75, 3.05) is 19.6 Å². The highest BCUT2D eigenvalue weighted by Crippen LogP contribution is 2.18. The Morgan fingerprint density at radius 3 is 2.64 bits per heavy atom. The summed E-state index contributed by atoms with van der Waals surface area (Å²) in [6.07, 6.45) is 6.54. The molecule has 0 unspecified atom stereocenters. The highest BCUT2D eigenvalue weighted by atomic mass is 16.2. The second-order valence-corrected chi connectivity index (χ2v) is 7.04. The first-order chi connectivity index (χ1) is 13.4. The number of amides is 4. The predicted molar refractivity (Wildman–Crippen MR) is 100 cm³/mol. The van der Waals surface area contributed by atoms with Crippen molar-refractivity contribution in [2.45, 2.75) is 57.0 Å². The number of nitrogens with two attached hydrogens (primary N) is 1. The normalized spacial score (nSPS) is 19.8. The lowest BCUT2D eigenvalue weighted by molar-refractivity contribution is -0.137. The van der Waals surface area contributed by atoms with Crippen LogP contribution in [0.25, 0.3) is 0 Å². The fourth-order valence-electron chi connectivity index (χ4n) is 3.36. The number of unbranched alkanes of at least 4 members (excludes halogenated alkanes) is 1. The van der Waals surface area contributed by atoms with E-state index in [4.69, 9.17) is 11.0 Å². The van der Waals surface area contributed by atoms with E-state index in [0.717, 1.165) is 11.3 Å². The minimum absolute atomic E-state index is 0.138. The molecule has 0 spiro atoms. The van der Waals surface area contributed by atoms with E-state index in [-0.39, 0.29) is 42.6 Å². The summed E-state index contributed by atoms with van der Waals surface area (Å²) in [5.74, 6) is -0.993. The fraction of sp³-hybridized carbons (Fsp3) is 0.632. The van der Waals surface area contributed by atoms with Gasteiger partial charge in [0, 0.05) is 38.2 Å². The Morgan fingerprint density at radius 2 is 1.96 bits per heavy atom. The maximum atomic E-state index is 12.3. The smallest absolute Gasteiger partial charge is 0.253 e. The zero-order chi connectivity index (χ0) is 20.5. The molecule has 9 nitrogen and oxygen atoms in total. The van der Waals surface area contributed by atoms with Crippen molar-refractivity contribution in [3.8, 4) is 6.07 Å². The van der Waals surface area contributed by atoms with Crippen LogP contribution in [0.2, 0.25) is 0 Å². The van der Waals surface area contributed by atoms with Gasteiger partial charge in [0.05, 0.1) is 12.1 Å². The first-order valence-electron chi connectivity index (χ1n) is 9.70. The molecule has 0 aromatic heterocycles. The number of carbonyl (C=O) groups is 4. The average Bonchev–Trinajstić information content (AvgIpc) is 3.28. The third-order valence-electron chi connectivity index (χ3n) is 4.95. The van der Waals surface area contributed by atoms with E-state index in [1.54, 1.807) is 4.90 Å². The molecule has 2 rings (SSSR count). The molecule has 28 heavy (non-hydrogen) atoms. The van der Waals surface area contributed by atoms with Crippen molar-refractivity contribution in [3.63, 3.8) is 0 Å². The lowest BCUT2D eigenvalue weighted by Gasteiger charge is -2.23. The number of rotatable bonds is 10. The van der Waals surface area contributed by atoms with Crippen LogP contribution in [0, 0.1) is 11.3 Å². The first-order valence-corrected chi connectivity index (χ1v) is 9.70. The summed E-state index contributed by atoms with van der Waals surface area (Å²) in [5, 5.41) is 11.8. The van der Waals surface area contributed by atoms with E-state index in [2.05, 4.69) is 11.4 Å². The first kappa shape index (κ1) is 21.6. The van der Waals surface area contributed by atoms with Gasteiger partial charge in [-0.25, -0.2) is 0 Å². The van der Waals surface area contributed by atoms with E-state index in [0.29, 0.717) is 45.2 Å². The molecular formula is C19H27N5O4. The average molecular weight is 389 g/mol.